The maximum atomic E-state index is 11.5. The van der Waals surface area contributed by atoms with Crippen LogP contribution in [0.25, 0.3) is 11.0 Å². The van der Waals surface area contributed by atoms with Crippen LogP contribution in [0.1, 0.15) is 69.1 Å². The van der Waals surface area contributed by atoms with Gasteiger partial charge in [-0.1, -0.05) is 32.4 Å². The number of aromatic nitrogens is 4. The zero-order valence-electron chi connectivity index (χ0n) is 18.9. The van der Waals surface area contributed by atoms with Crippen LogP contribution in [0.2, 0.25) is 5.02 Å². The van der Waals surface area contributed by atoms with Gasteiger partial charge in [-0.3, -0.25) is 5.10 Å². The Morgan fingerprint density at radius 3 is 2.59 bits per heavy atom. The Balaban J connectivity index is 2.41. The van der Waals surface area contributed by atoms with Crippen LogP contribution in [0.5, 0.6) is 0 Å². The Morgan fingerprint density at radius 1 is 1.31 bits per heavy atom. The van der Waals surface area contributed by atoms with E-state index < -0.39 is 5.97 Å². The van der Waals surface area contributed by atoms with Crippen LogP contribution in [0.15, 0.2) is 23.2 Å². The van der Waals surface area contributed by atoms with Gasteiger partial charge in [0.2, 0.25) is 5.95 Å². The molecule has 10 heteroatoms. The number of rotatable bonds is 8. The molecule has 32 heavy (non-hydrogen) atoms. The minimum atomic E-state index is -1.13. The summed E-state index contributed by atoms with van der Waals surface area (Å²) in [5, 5.41) is 27.2. The number of aliphatic hydroxyl groups is 1. The molecule has 3 aromatic rings. The van der Waals surface area contributed by atoms with Crippen LogP contribution < -0.4 is 10.4 Å². The van der Waals surface area contributed by atoms with E-state index in [0.29, 0.717) is 29.2 Å². The molecule has 0 saturated carbocycles. The van der Waals surface area contributed by atoms with Gasteiger partial charge in [-0.05, 0) is 44.4 Å². The van der Waals surface area contributed by atoms with Crippen LogP contribution in [-0.2, 0) is 0 Å². The van der Waals surface area contributed by atoms with Crippen molar-refractivity contribution in [2.75, 3.05) is 18.2 Å². The van der Waals surface area contributed by atoms with Gasteiger partial charge in [0, 0.05) is 12.6 Å². The number of hydrogen-bond donors (Lipinski definition) is 3. The van der Waals surface area contributed by atoms with Gasteiger partial charge in [0.15, 0.2) is 11.0 Å². The van der Waals surface area contributed by atoms with E-state index >= 15 is 0 Å². The number of aromatic amines is 1. The second kappa shape index (κ2) is 9.70. The summed E-state index contributed by atoms with van der Waals surface area (Å²) in [5.41, 5.74) is 3.07. The molecular formula is C22H29ClN6O3. The van der Waals surface area contributed by atoms with Crippen LogP contribution in [0.4, 0.5) is 11.6 Å². The third-order valence-corrected chi connectivity index (χ3v) is 5.43. The normalized spacial score (nSPS) is 12.3. The molecule has 1 aromatic carbocycles. The monoisotopic (exact) mass is 460 g/mol. The van der Waals surface area contributed by atoms with Gasteiger partial charge in [-0.15, -0.1) is 0 Å². The summed E-state index contributed by atoms with van der Waals surface area (Å²) in [7, 11) is 0. The number of hydrogen-bond acceptors (Lipinski definition) is 6. The van der Waals surface area contributed by atoms with Crippen molar-refractivity contribution >= 4 is 40.2 Å². The summed E-state index contributed by atoms with van der Waals surface area (Å²) in [4.78, 5) is 22.7. The fraction of sp³-hybridized carbons (Fsp3) is 0.455. The predicted molar refractivity (Wildman–Crippen MR) is 125 cm³/mol. The number of nitrogens with zero attached hydrogens (tertiary/aromatic N) is 5. The average Bonchev–Trinajstić information content (AvgIpc) is 3.18. The summed E-state index contributed by atoms with van der Waals surface area (Å²) in [6.07, 6.45) is 0.826. The van der Waals surface area contributed by atoms with E-state index in [0.717, 1.165) is 17.6 Å². The molecule has 0 saturated heterocycles. The van der Waals surface area contributed by atoms with Gasteiger partial charge in [0.1, 0.15) is 6.73 Å². The number of anilines is 1. The highest BCUT2D eigenvalue weighted by Crippen LogP contribution is 2.28. The second-order valence-corrected chi connectivity index (χ2v) is 8.58. The van der Waals surface area contributed by atoms with E-state index in [-0.39, 0.29) is 29.3 Å². The zero-order chi connectivity index (χ0) is 23.6. The van der Waals surface area contributed by atoms with Crippen molar-refractivity contribution in [1.82, 2.24) is 19.7 Å². The van der Waals surface area contributed by atoms with Crippen LogP contribution >= 0.6 is 11.6 Å². The molecule has 0 aliphatic rings. The Kier molecular flexibility index (Phi) is 7.20. The maximum Gasteiger partial charge on any atom is 0.337 e. The lowest BCUT2D eigenvalue weighted by Gasteiger charge is -2.27. The smallest absolute Gasteiger partial charge is 0.337 e. The molecule has 0 atom stereocenters. The first kappa shape index (κ1) is 23.7. The number of fused-ring (bicyclic) bond motifs is 1. The highest BCUT2D eigenvalue weighted by atomic mass is 35.5. The minimum Gasteiger partial charge on any atom is -0.478 e. The number of H-pyrrole nitrogens is 1. The van der Waals surface area contributed by atoms with E-state index in [1.54, 1.807) is 11.0 Å². The van der Waals surface area contributed by atoms with Gasteiger partial charge >= 0.3 is 5.97 Å². The molecule has 0 aliphatic heterocycles. The Morgan fingerprint density at radius 2 is 2.03 bits per heavy atom. The van der Waals surface area contributed by atoms with E-state index in [1.807, 2.05) is 6.92 Å². The first-order valence-electron chi connectivity index (χ1n) is 10.6. The molecule has 0 radical (unpaired) electrons. The van der Waals surface area contributed by atoms with Crippen LogP contribution in [-0.4, -0.2) is 49.2 Å². The van der Waals surface area contributed by atoms with E-state index in [1.165, 1.54) is 12.1 Å². The summed E-state index contributed by atoms with van der Waals surface area (Å²) in [5.74, 6) is -0.393. The van der Waals surface area contributed by atoms with Crippen molar-refractivity contribution in [2.45, 2.75) is 53.0 Å². The highest BCUT2D eigenvalue weighted by Gasteiger charge is 2.23. The second-order valence-electron chi connectivity index (χ2n) is 8.17. The van der Waals surface area contributed by atoms with Gasteiger partial charge in [-0.2, -0.15) is 10.1 Å². The van der Waals surface area contributed by atoms with Crippen molar-refractivity contribution in [3.8, 4) is 0 Å². The molecule has 0 bridgehead atoms. The number of aromatic carboxylic acids is 1. The molecule has 3 N–H and O–H groups in total. The zero-order valence-corrected chi connectivity index (χ0v) is 19.7. The van der Waals surface area contributed by atoms with E-state index in [9.17, 15) is 15.0 Å². The fourth-order valence-corrected chi connectivity index (χ4v) is 3.81. The topological polar surface area (TPSA) is 120 Å². The van der Waals surface area contributed by atoms with Gasteiger partial charge < -0.3 is 19.7 Å². The molecule has 0 amide bonds. The lowest BCUT2D eigenvalue weighted by Crippen LogP contribution is -2.33. The summed E-state index contributed by atoms with van der Waals surface area (Å²) < 4.78 is 2.06. The van der Waals surface area contributed by atoms with Crippen LogP contribution in [0, 0.1) is 0 Å². The lowest BCUT2D eigenvalue weighted by molar-refractivity contribution is 0.0697. The molecule has 172 valence electrons. The molecule has 2 heterocycles. The number of carbonyl (C=O) groups is 1. The van der Waals surface area contributed by atoms with Gasteiger partial charge in [0.05, 0.1) is 27.5 Å². The van der Waals surface area contributed by atoms with Crippen LogP contribution in [0.3, 0.4) is 0 Å². The fourth-order valence-electron chi connectivity index (χ4n) is 3.62. The standard InChI is InChI=1S/C22H29ClN6O3/c1-6-9-28(11-30)22-25-20(24-14-7-8-16(23)15(10-14)21(31)32)18-19(29(22)13(4)5)17(12(2)3)26-27-18/h7-8,10,12-13,30H,6,9,11H2,1-5H3,(H,26,27)(H,31,32). The quantitative estimate of drug-likeness (QED) is 0.433. The molecular weight excluding hydrogens is 432 g/mol. The number of nitrogens with one attached hydrogen (secondary N) is 1. The van der Waals surface area contributed by atoms with Gasteiger partial charge in [0.25, 0.3) is 0 Å². The Bertz CT molecular complexity index is 1200. The number of benzene rings is 1. The van der Waals surface area contributed by atoms with Crippen molar-refractivity contribution in [3.63, 3.8) is 0 Å². The number of halogens is 1. The Hall–Kier alpha value is -2.91. The third-order valence-electron chi connectivity index (χ3n) is 5.10. The molecule has 0 spiro atoms. The van der Waals surface area contributed by atoms with Gasteiger partial charge in [-0.25, -0.2) is 9.79 Å². The average molecular weight is 461 g/mol. The van der Waals surface area contributed by atoms with E-state index in [4.69, 9.17) is 16.6 Å². The first-order valence-corrected chi connectivity index (χ1v) is 11.0. The van der Waals surface area contributed by atoms with E-state index in [2.05, 4.69) is 47.5 Å². The van der Waals surface area contributed by atoms with Crippen molar-refractivity contribution in [2.24, 2.45) is 4.99 Å². The summed E-state index contributed by atoms with van der Waals surface area (Å²) in [6, 6.07) is 4.59. The molecule has 0 unspecified atom stereocenters. The van der Waals surface area contributed by atoms with Crippen molar-refractivity contribution in [3.05, 3.63) is 40.0 Å². The highest BCUT2D eigenvalue weighted by molar-refractivity contribution is 6.33. The number of carboxylic acid groups (broad SMARTS) is 1. The maximum absolute atomic E-state index is 11.5. The third kappa shape index (κ3) is 4.49. The minimum absolute atomic E-state index is 0.0366. The van der Waals surface area contributed by atoms with Crippen molar-refractivity contribution < 1.29 is 15.0 Å². The summed E-state index contributed by atoms with van der Waals surface area (Å²) in [6.45, 7) is 10.7. The Labute approximate surface area is 191 Å². The first-order chi connectivity index (χ1) is 15.2. The number of carboxylic acids is 1. The molecule has 0 aliphatic carbocycles. The largest absolute Gasteiger partial charge is 0.478 e. The molecule has 2 aromatic heterocycles. The SMILES string of the molecule is CCCN(CO)c1nc(=Nc2ccc(Cl)c(C(=O)O)c2)c2n[nH]c(C(C)C)c2n1C(C)C. The molecule has 0 fully saturated rings. The molecule has 9 nitrogen and oxygen atoms in total. The number of aliphatic hydroxyl groups excluding tert-OH is 1. The lowest BCUT2D eigenvalue weighted by atomic mass is 10.1. The molecule has 3 rings (SSSR count). The van der Waals surface area contributed by atoms with Crippen molar-refractivity contribution in [1.29, 1.82) is 0 Å². The summed E-state index contributed by atoms with van der Waals surface area (Å²) >= 11 is 6.01. The predicted octanol–water partition coefficient (Wildman–Crippen LogP) is 4.21.